The molecule has 0 aliphatic heterocycles. The predicted molar refractivity (Wildman–Crippen MR) is 109 cm³/mol. The molecule has 0 N–H and O–H groups in total. The van der Waals surface area contributed by atoms with E-state index in [1.54, 1.807) is 31.2 Å². The lowest BCUT2D eigenvalue weighted by Crippen LogP contribution is -2.28. The Balaban J connectivity index is 2.22. The number of ether oxygens (including phenoxy) is 1. The highest BCUT2D eigenvalue weighted by molar-refractivity contribution is 6.31. The average Bonchev–Trinajstić information content (AvgIpc) is 2.59. The van der Waals surface area contributed by atoms with E-state index >= 15 is 0 Å². The molecule has 1 unspecified atom stereocenters. The van der Waals surface area contributed by atoms with E-state index in [0.717, 1.165) is 12.0 Å². The van der Waals surface area contributed by atoms with Crippen LogP contribution < -0.4 is 0 Å². The fraction of sp³-hybridized carbons (Fsp3) is 0.391. The summed E-state index contributed by atoms with van der Waals surface area (Å²) in [5.41, 5.74) is 2.79. The minimum atomic E-state index is -0.878. The molecule has 27 heavy (non-hydrogen) atoms. The molecule has 0 aliphatic rings. The number of hydrogen-bond acceptors (Lipinski definition) is 3. The summed E-state index contributed by atoms with van der Waals surface area (Å²) in [5, 5.41) is 0.468. The Kier molecular flexibility index (Phi) is 7.20. The van der Waals surface area contributed by atoms with Gasteiger partial charge in [0.25, 0.3) is 0 Å². The van der Waals surface area contributed by atoms with Crippen LogP contribution in [0.4, 0.5) is 0 Å². The van der Waals surface area contributed by atoms with Crippen LogP contribution in [0.25, 0.3) is 0 Å². The summed E-state index contributed by atoms with van der Waals surface area (Å²) in [7, 11) is 0. The van der Waals surface area contributed by atoms with E-state index in [1.165, 1.54) is 5.56 Å². The molecule has 0 spiro atoms. The average molecular weight is 387 g/mol. The zero-order chi connectivity index (χ0) is 20.0. The number of Topliss-reactive ketones (excluding diaryl/α,β-unsaturated/α-hetero) is 1. The quantitative estimate of drug-likeness (QED) is 0.357. The Morgan fingerprint density at radius 2 is 1.67 bits per heavy atom. The van der Waals surface area contributed by atoms with Gasteiger partial charge in [-0.2, -0.15) is 0 Å². The maximum absolute atomic E-state index is 12.9. The van der Waals surface area contributed by atoms with Crippen LogP contribution in [0.5, 0.6) is 0 Å². The highest BCUT2D eigenvalue weighted by atomic mass is 35.5. The van der Waals surface area contributed by atoms with Gasteiger partial charge in [0.15, 0.2) is 5.78 Å². The number of ketones is 1. The SMILES string of the molecule is CCOC(=O)C(Cc1ccc(CC(C)(C)C)cc1)C(=O)c1cccc(Cl)c1. The molecule has 2 aromatic carbocycles. The first-order chi connectivity index (χ1) is 12.7. The van der Waals surface area contributed by atoms with Crippen LogP contribution in [0.3, 0.4) is 0 Å². The number of esters is 1. The van der Waals surface area contributed by atoms with Crippen LogP contribution in [-0.2, 0) is 22.4 Å². The fourth-order valence-electron chi connectivity index (χ4n) is 3.01. The van der Waals surface area contributed by atoms with Crippen LogP contribution >= 0.6 is 11.6 Å². The summed E-state index contributed by atoms with van der Waals surface area (Å²) >= 11 is 6.00. The molecule has 0 fully saturated rings. The standard InChI is InChI=1S/C23H27ClO3/c1-5-27-22(26)20(21(25)18-7-6-8-19(24)14-18)13-16-9-11-17(12-10-16)15-23(2,3)4/h6-12,14,20H,5,13,15H2,1-4H3. The van der Waals surface area contributed by atoms with E-state index in [9.17, 15) is 9.59 Å². The number of benzene rings is 2. The van der Waals surface area contributed by atoms with Crippen molar-refractivity contribution in [3.63, 3.8) is 0 Å². The van der Waals surface area contributed by atoms with Crippen LogP contribution in [0.1, 0.15) is 49.2 Å². The first-order valence-electron chi connectivity index (χ1n) is 9.24. The zero-order valence-electron chi connectivity index (χ0n) is 16.4. The third-order valence-corrected chi connectivity index (χ3v) is 4.43. The van der Waals surface area contributed by atoms with Crippen molar-refractivity contribution in [1.29, 1.82) is 0 Å². The summed E-state index contributed by atoms with van der Waals surface area (Å²) < 4.78 is 5.15. The monoisotopic (exact) mass is 386 g/mol. The van der Waals surface area contributed by atoms with Gasteiger partial charge in [0, 0.05) is 10.6 Å². The van der Waals surface area contributed by atoms with Crippen molar-refractivity contribution < 1.29 is 14.3 Å². The Bertz CT molecular complexity index is 788. The lowest BCUT2D eigenvalue weighted by atomic mass is 9.87. The molecule has 0 heterocycles. The molecule has 0 bridgehead atoms. The summed E-state index contributed by atoms with van der Waals surface area (Å²) in [6.45, 7) is 8.56. The smallest absolute Gasteiger partial charge is 0.317 e. The Hall–Kier alpha value is -2.13. The van der Waals surface area contributed by atoms with Crippen molar-refractivity contribution in [2.75, 3.05) is 6.61 Å². The molecule has 0 saturated carbocycles. The first-order valence-corrected chi connectivity index (χ1v) is 9.61. The van der Waals surface area contributed by atoms with Crippen molar-refractivity contribution >= 4 is 23.4 Å². The second-order valence-electron chi connectivity index (χ2n) is 7.94. The molecule has 1 atom stereocenters. The van der Waals surface area contributed by atoms with Gasteiger partial charge in [-0.05, 0) is 48.4 Å². The molecule has 0 aromatic heterocycles. The summed E-state index contributed by atoms with van der Waals surface area (Å²) in [4.78, 5) is 25.3. The number of halogens is 1. The summed E-state index contributed by atoms with van der Waals surface area (Å²) in [6, 6.07) is 14.8. The third kappa shape index (κ3) is 6.51. The van der Waals surface area contributed by atoms with Gasteiger partial charge in [0.05, 0.1) is 6.61 Å². The first kappa shape index (κ1) is 21.2. The number of hydrogen-bond donors (Lipinski definition) is 0. The van der Waals surface area contributed by atoms with Crippen LogP contribution in [0.2, 0.25) is 5.02 Å². The zero-order valence-corrected chi connectivity index (χ0v) is 17.2. The molecule has 0 radical (unpaired) electrons. The van der Waals surface area contributed by atoms with Gasteiger partial charge in [0.1, 0.15) is 5.92 Å². The van der Waals surface area contributed by atoms with Gasteiger partial charge >= 0.3 is 5.97 Å². The molecule has 2 rings (SSSR count). The lowest BCUT2D eigenvalue weighted by Gasteiger charge is -2.19. The molecule has 144 valence electrons. The minimum Gasteiger partial charge on any atom is -0.465 e. The second kappa shape index (κ2) is 9.18. The van der Waals surface area contributed by atoms with Gasteiger partial charge in [-0.3, -0.25) is 9.59 Å². The molecule has 3 nitrogen and oxygen atoms in total. The van der Waals surface area contributed by atoms with Crippen molar-refractivity contribution in [1.82, 2.24) is 0 Å². The Labute approximate surface area is 166 Å². The Morgan fingerprint density at radius 1 is 1.04 bits per heavy atom. The second-order valence-corrected chi connectivity index (χ2v) is 8.37. The van der Waals surface area contributed by atoms with E-state index in [2.05, 4.69) is 32.9 Å². The van der Waals surface area contributed by atoms with Gasteiger partial charge in [-0.15, -0.1) is 0 Å². The van der Waals surface area contributed by atoms with Crippen LogP contribution in [-0.4, -0.2) is 18.4 Å². The van der Waals surface area contributed by atoms with E-state index in [1.807, 2.05) is 12.1 Å². The maximum atomic E-state index is 12.9. The largest absolute Gasteiger partial charge is 0.465 e. The highest BCUT2D eigenvalue weighted by Gasteiger charge is 2.29. The van der Waals surface area contributed by atoms with Crippen molar-refractivity contribution in [2.24, 2.45) is 11.3 Å². The predicted octanol–water partition coefficient (Wildman–Crippen LogP) is 5.53. The van der Waals surface area contributed by atoms with Gasteiger partial charge in [-0.25, -0.2) is 0 Å². The molecule has 4 heteroatoms. The van der Waals surface area contributed by atoms with Crippen LogP contribution in [0.15, 0.2) is 48.5 Å². The fourth-order valence-corrected chi connectivity index (χ4v) is 3.20. The summed E-state index contributed by atoms with van der Waals surface area (Å²) in [6.07, 6.45) is 1.27. The topological polar surface area (TPSA) is 43.4 Å². The highest BCUT2D eigenvalue weighted by Crippen LogP contribution is 2.23. The molecule has 0 aliphatic carbocycles. The minimum absolute atomic E-state index is 0.206. The molecular formula is C23H27ClO3. The number of carbonyl (C=O) groups is 2. The van der Waals surface area contributed by atoms with Crippen molar-refractivity contribution in [3.8, 4) is 0 Å². The maximum Gasteiger partial charge on any atom is 0.317 e. The van der Waals surface area contributed by atoms with Crippen molar-refractivity contribution in [2.45, 2.75) is 40.5 Å². The Morgan fingerprint density at radius 3 is 2.22 bits per heavy atom. The number of carbonyl (C=O) groups excluding carboxylic acids is 2. The van der Waals surface area contributed by atoms with E-state index < -0.39 is 11.9 Å². The molecule has 0 saturated heterocycles. The molecule has 0 amide bonds. The van der Waals surface area contributed by atoms with Crippen LogP contribution in [0, 0.1) is 11.3 Å². The van der Waals surface area contributed by atoms with E-state index in [4.69, 9.17) is 16.3 Å². The number of rotatable bonds is 7. The van der Waals surface area contributed by atoms with E-state index in [-0.39, 0.29) is 17.8 Å². The molecule has 2 aromatic rings. The third-order valence-electron chi connectivity index (χ3n) is 4.19. The summed E-state index contributed by atoms with van der Waals surface area (Å²) in [5.74, 6) is -1.65. The normalized spacial score (nSPS) is 12.5. The molecular weight excluding hydrogens is 360 g/mol. The lowest BCUT2D eigenvalue weighted by molar-refractivity contribution is -0.146. The van der Waals surface area contributed by atoms with Gasteiger partial charge in [0.2, 0.25) is 0 Å². The van der Waals surface area contributed by atoms with E-state index in [0.29, 0.717) is 17.0 Å². The van der Waals surface area contributed by atoms with Gasteiger partial charge in [-0.1, -0.05) is 68.8 Å². The van der Waals surface area contributed by atoms with Gasteiger partial charge < -0.3 is 4.74 Å². The van der Waals surface area contributed by atoms with Crippen molar-refractivity contribution in [3.05, 3.63) is 70.2 Å².